The van der Waals surface area contributed by atoms with Crippen molar-refractivity contribution in [2.75, 3.05) is 13.1 Å². The summed E-state index contributed by atoms with van der Waals surface area (Å²) in [6.07, 6.45) is 1.42. The maximum Gasteiger partial charge on any atom is 0.239 e. The zero-order chi connectivity index (χ0) is 21.3. The third-order valence-electron chi connectivity index (χ3n) is 3.70. The predicted molar refractivity (Wildman–Crippen MR) is 107 cm³/mol. The Bertz CT molecular complexity index is 962. The van der Waals surface area contributed by atoms with Crippen molar-refractivity contribution in [2.45, 2.75) is 12.3 Å². The SMILES string of the molecule is N=C(N)c1ccc(CNC(=O)CNC(=O)CNS(=O)(=O)Cc2ccccc2)nc1. The first-order chi connectivity index (χ1) is 13.7. The molecule has 2 aromatic rings. The molecule has 0 aliphatic heterocycles. The topological polar surface area (TPSA) is 167 Å². The summed E-state index contributed by atoms with van der Waals surface area (Å²) in [6.45, 7) is -0.627. The van der Waals surface area contributed by atoms with Crippen LogP contribution in [0, 0.1) is 5.41 Å². The Morgan fingerprint density at radius 1 is 1.00 bits per heavy atom. The van der Waals surface area contributed by atoms with Gasteiger partial charge in [-0.25, -0.2) is 13.1 Å². The molecule has 0 fully saturated rings. The Hall–Kier alpha value is -3.31. The van der Waals surface area contributed by atoms with E-state index in [0.717, 1.165) is 0 Å². The van der Waals surface area contributed by atoms with E-state index in [2.05, 4.69) is 20.3 Å². The average molecular weight is 418 g/mol. The number of sulfonamides is 1. The third kappa shape index (κ3) is 8.07. The second-order valence-corrected chi connectivity index (χ2v) is 7.88. The molecule has 0 saturated heterocycles. The van der Waals surface area contributed by atoms with Crippen molar-refractivity contribution in [1.82, 2.24) is 20.3 Å². The van der Waals surface area contributed by atoms with Crippen LogP contribution in [-0.4, -0.2) is 44.1 Å². The summed E-state index contributed by atoms with van der Waals surface area (Å²) < 4.78 is 26.1. The van der Waals surface area contributed by atoms with Gasteiger partial charge in [-0.15, -0.1) is 0 Å². The Morgan fingerprint density at radius 2 is 1.69 bits per heavy atom. The standard InChI is InChI=1S/C18H22N6O4S/c19-18(20)14-6-7-15(21-8-14)9-22-16(25)10-23-17(26)11-24-29(27,28)12-13-4-2-1-3-5-13/h1-8,24H,9-12H2,(H3,19,20)(H,22,25)(H,23,26). The molecule has 0 bridgehead atoms. The minimum absolute atomic E-state index is 0.102. The molecular weight excluding hydrogens is 396 g/mol. The van der Waals surface area contributed by atoms with Crippen molar-refractivity contribution < 1.29 is 18.0 Å². The number of pyridine rings is 1. The zero-order valence-corrected chi connectivity index (χ0v) is 16.3. The molecule has 1 aromatic carbocycles. The second kappa shape index (κ2) is 10.3. The fourth-order valence-corrected chi connectivity index (χ4v) is 3.29. The number of nitrogens with two attached hydrogens (primary N) is 1. The highest BCUT2D eigenvalue weighted by Crippen LogP contribution is 2.03. The first-order valence-corrected chi connectivity index (χ1v) is 10.2. The number of amides is 2. The summed E-state index contributed by atoms with van der Waals surface area (Å²) >= 11 is 0. The largest absolute Gasteiger partial charge is 0.384 e. The Balaban J connectivity index is 1.68. The number of benzene rings is 1. The van der Waals surface area contributed by atoms with Gasteiger partial charge in [0.05, 0.1) is 31.1 Å². The average Bonchev–Trinajstić information content (AvgIpc) is 2.70. The van der Waals surface area contributed by atoms with Crippen molar-refractivity contribution in [3.8, 4) is 0 Å². The lowest BCUT2D eigenvalue weighted by Crippen LogP contribution is -2.42. The summed E-state index contributed by atoms with van der Waals surface area (Å²) in [5, 5.41) is 12.2. The van der Waals surface area contributed by atoms with E-state index in [1.807, 2.05) is 0 Å². The molecule has 154 valence electrons. The van der Waals surface area contributed by atoms with E-state index in [4.69, 9.17) is 11.1 Å². The molecule has 0 aliphatic carbocycles. The summed E-state index contributed by atoms with van der Waals surface area (Å²) in [4.78, 5) is 27.6. The molecule has 2 rings (SSSR count). The van der Waals surface area contributed by atoms with Crippen LogP contribution in [0.1, 0.15) is 16.8 Å². The van der Waals surface area contributed by atoms with Crippen LogP contribution in [0.4, 0.5) is 0 Å². The highest BCUT2D eigenvalue weighted by Gasteiger charge is 2.14. The molecule has 11 heteroatoms. The van der Waals surface area contributed by atoms with Gasteiger partial charge >= 0.3 is 0 Å². The van der Waals surface area contributed by atoms with Gasteiger partial charge in [-0.05, 0) is 17.7 Å². The quantitative estimate of drug-likeness (QED) is 0.250. The summed E-state index contributed by atoms with van der Waals surface area (Å²) in [5.41, 5.74) is 6.97. The Kier molecular flexibility index (Phi) is 7.80. The van der Waals surface area contributed by atoms with Crippen molar-refractivity contribution >= 4 is 27.7 Å². The number of carbonyl (C=O) groups is 2. The molecule has 1 aromatic heterocycles. The van der Waals surface area contributed by atoms with Crippen LogP contribution < -0.4 is 21.1 Å². The molecule has 0 unspecified atom stereocenters. The van der Waals surface area contributed by atoms with Gasteiger partial charge < -0.3 is 16.4 Å². The molecule has 0 atom stereocenters. The summed E-state index contributed by atoms with van der Waals surface area (Å²) in [5.74, 6) is -1.42. The molecule has 10 nitrogen and oxygen atoms in total. The number of nitrogens with one attached hydrogen (secondary N) is 4. The van der Waals surface area contributed by atoms with Crippen molar-refractivity contribution in [1.29, 1.82) is 5.41 Å². The van der Waals surface area contributed by atoms with Gasteiger partial charge in [-0.3, -0.25) is 20.0 Å². The van der Waals surface area contributed by atoms with Gasteiger partial charge in [-0.2, -0.15) is 0 Å². The van der Waals surface area contributed by atoms with Gasteiger partial charge in [0.1, 0.15) is 5.84 Å². The van der Waals surface area contributed by atoms with Gasteiger partial charge in [0.2, 0.25) is 21.8 Å². The van der Waals surface area contributed by atoms with Gasteiger partial charge in [-0.1, -0.05) is 30.3 Å². The molecular formula is C18H22N6O4S. The van der Waals surface area contributed by atoms with Gasteiger partial charge in [0.25, 0.3) is 0 Å². The first-order valence-electron chi connectivity index (χ1n) is 8.59. The van der Waals surface area contributed by atoms with Crippen molar-refractivity contribution in [2.24, 2.45) is 5.73 Å². The van der Waals surface area contributed by atoms with Crippen LogP contribution >= 0.6 is 0 Å². The summed E-state index contributed by atoms with van der Waals surface area (Å²) in [7, 11) is -3.67. The van der Waals surface area contributed by atoms with Gasteiger partial charge in [0.15, 0.2) is 0 Å². The minimum atomic E-state index is -3.67. The number of nitrogen functional groups attached to an aromatic ring is 1. The van der Waals surface area contributed by atoms with E-state index < -0.39 is 28.4 Å². The van der Waals surface area contributed by atoms with Crippen LogP contribution in [0.3, 0.4) is 0 Å². The molecule has 29 heavy (non-hydrogen) atoms. The number of amidine groups is 1. The van der Waals surface area contributed by atoms with E-state index in [1.165, 1.54) is 6.20 Å². The monoisotopic (exact) mass is 418 g/mol. The van der Waals surface area contributed by atoms with Crippen LogP contribution in [-0.2, 0) is 31.9 Å². The van der Waals surface area contributed by atoms with E-state index in [-0.39, 0.29) is 24.7 Å². The Morgan fingerprint density at radius 3 is 2.31 bits per heavy atom. The third-order valence-corrected chi connectivity index (χ3v) is 5.00. The van der Waals surface area contributed by atoms with Crippen molar-refractivity contribution in [3.05, 3.63) is 65.5 Å². The second-order valence-electron chi connectivity index (χ2n) is 6.07. The fraction of sp³-hybridized carbons (Fsp3) is 0.222. The van der Waals surface area contributed by atoms with Crippen LogP contribution in [0.25, 0.3) is 0 Å². The van der Waals surface area contributed by atoms with E-state index >= 15 is 0 Å². The maximum atomic E-state index is 12.0. The minimum Gasteiger partial charge on any atom is -0.384 e. The van der Waals surface area contributed by atoms with E-state index in [1.54, 1.807) is 42.5 Å². The smallest absolute Gasteiger partial charge is 0.239 e. The molecule has 2 amide bonds. The van der Waals surface area contributed by atoms with Crippen LogP contribution in [0.5, 0.6) is 0 Å². The fourth-order valence-electron chi connectivity index (χ4n) is 2.20. The Labute approximate surface area is 168 Å². The number of nitrogens with zero attached hydrogens (tertiary/aromatic N) is 1. The van der Waals surface area contributed by atoms with E-state index in [9.17, 15) is 18.0 Å². The molecule has 6 N–H and O–H groups in total. The van der Waals surface area contributed by atoms with Crippen LogP contribution in [0.15, 0.2) is 48.7 Å². The highest BCUT2D eigenvalue weighted by molar-refractivity contribution is 7.88. The number of carbonyl (C=O) groups excluding carboxylic acids is 2. The van der Waals surface area contributed by atoms with Crippen molar-refractivity contribution in [3.63, 3.8) is 0 Å². The lowest BCUT2D eigenvalue weighted by Gasteiger charge is -2.09. The zero-order valence-electron chi connectivity index (χ0n) is 15.5. The molecule has 0 aliphatic rings. The lowest BCUT2D eigenvalue weighted by molar-refractivity contribution is -0.125. The first kappa shape index (κ1) is 22.0. The molecule has 0 spiro atoms. The number of hydrogen-bond donors (Lipinski definition) is 5. The van der Waals surface area contributed by atoms with E-state index in [0.29, 0.717) is 16.8 Å². The molecule has 0 saturated carbocycles. The summed E-state index contributed by atoms with van der Waals surface area (Å²) in [6, 6.07) is 11.8. The predicted octanol–water partition coefficient (Wildman–Crippen LogP) is -0.782. The molecule has 0 radical (unpaired) electrons. The number of aromatic nitrogens is 1. The lowest BCUT2D eigenvalue weighted by atomic mass is 10.2. The molecule has 1 heterocycles. The number of rotatable bonds is 10. The number of hydrogen-bond acceptors (Lipinski definition) is 6. The maximum absolute atomic E-state index is 12.0. The van der Waals surface area contributed by atoms with Gasteiger partial charge in [0, 0.05) is 11.8 Å². The normalized spacial score (nSPS) is 10.9. The highest BCUT2D eigenvalue weighted by atomic mass is 32.2. The van der Waals surface area contributed by atoms with Crippen LogP contribution in [0.2, 0.25) is 0 Å².